The molecule has 3 aromatic carbocycles. The first-order valence-corrected chi connectivity index (χ1v) is 9.77. The van der Waals surface area contributed by atoms with Crippen LogP contribution in [0.5, 0.6) is 5.75 Å². The highest BCUT2D eigenvalue weighted by molar-refractivity contribution is 5.91. The number of rotatable bonds is 8. The van der Waals surface area contributed by atoms with Gasteiger partial charge in [-0.2, -0.15) is 0 Å². The van der Waals surface area contributed by atoms with Gasteiger partial charge in [-0.25, -0.2) is 0 Å². The second kappa shape index (κ2) is 9.73. The van der Waals surface area contributed by atoms with Crippen LogP contribution in [0.25, 0.3) is 10.8 Å². The van der Waals surface area contributed by atoms with Crippen LogP contribution in [-0.4, -0.2) is 25.5 Å². The molecule has 0 saturated carbocycles. The highest BCUT2D eigenvalue weighted by Crippen LogP contribution is 2.20. The maximum Gasteiger partial charge on any atom is 0.239 e. The first-order chi connectivity index (χ1) is 14.1. The number of amides is 2. The summed E-state index contributed by atoms with van der Waals surface area (Å²) in [6.07, 6.45) is 0.992. The Bertz CT molecular complexity index is 978. The fraction of sp³-hybridized carbons (Fsp3) is 0.250. The van der Waals surface area contributed by atoms with E-state index in [4.69, 9.17) is 4.74 Å². The van der Waals surface area contributed by atoms with Crippen molar-refractivity contribution >= 4 is 22.6 Å². The zero-order chi connectivity index (χ0) is 20.6. The molecule has 0 aliphatic heterocycles. The molecule has 2 amide bonds. The van der Waals surface area contributed by atoms with Crippen molar-refractivity contribution in [1.29, 1.82) is 0 Å². The maximum atomic E-state index is 12.4. The second-order valence-corrected chi connectivity index (χ2v) is 6.89. The van der Waals surface area contributed by atoms with Crippen LogP contribution >= 0.6 is 0 Å². The smallest absolute Gasteiger partial charge is 0.239 e. The van der Waals surface area contributed by atoms with Gasteiger partial charge in [0.1, 0.15) is 5.75 Å². The Hall–Kier alpha value is -3.34. The van der Waals surface area contributed by atoms with E-state index in [9.17, 15) is 9.59 Å². The number of methoxy groups -OCH3 is 1. The average molecular weight is 390 g/mol. The molecule has 29 heavy (non-hydrogen) atoms. The molecule has 0 radical (unpaired) electrons. The van der Waals surface area contributed by atoms with E-state index < -0.39 is 0 Å². The Morgan fingerprint density at radius 3 is 2.38 bits per heavy atom. The van der Waals surface area contributed by atoms with Crippen LogP contribution in [-0.2, 0) is 16.0 Å². The third kappa shape index (κ3) is 5.35. The van der Waals surface area contributed by atoms with E-state index in [1.54, 1.807) is 7.11 Å². The number of carbonyl (C=O) groups is 2. The highest BCUT2D eigenvalue weighted by Gasteiger charge is 2.14. The van der Waals surface area contributed by atoms with E-state index in [1.165, 1.54) is 0 Å². The van der Waals surface area contributed by atoms with Gasteiger partial charge in [-0.1, -0.05) is 61.5 Å². The number of nitrogens with one attached hydrogen (secondary N) is 2. The van der Waals surface area contributed by atoms with Gasteiger partial charge in [0.25, 0.3) is 0 Å². The van der Waals surface area contributed by atoms with Crippen LogP contribution in [0.15, 0.2) is 66.7 Å². The summed E-state index contributed by atoms with van der Waals surface area (Å²) in [6.45, 7) is 1.96. The molecule has 3 rings (SSSR count). The first kappa shape index (κ1) is 20.4. The van der Waals surface area contributed by atoms with E-state index in [-0.39, 0.29) is 30.8 Å². The summed E-state index contributed by atoms with van der Waals surface area (Å²) in [7, 11) is 1.62. The van der Waals surface area contributed by atoms with Gasteiger partial charge in [0.05, 0.1) is 26.1 Å². The largest absolute Gasteiger partial charge is 0.497 e. The summed E-state index contributed by atoms with van der Waals surface area (Å²) in [5.74, 6) is 0.392. The molecule has 150 valence electrons. The van der Waals surface area contributed by atoms with Crippen LogP contribution in [0.4, 0.5) is 0 Å². The van der Waals surface area contributed by atoms with Crippen molar-refractivity contribution in [1.82, 2.24) is 10.6 Å². The maximum absolute atomic E-state index is 12.4. The van der Waals surface area contributed by atoms with E-state index in [0.717, 1.165) is 34.1 Å². The topological polar surface area (TPSA) is 67.4 Å². The predicted octanol–water partition coefficient (Wildman–Crippen LogP) is 3.77. The summed E-state index contributed by atoms with van der Waals surface area (Å²) >= 11 is 0. The lowest BCUT2D eigenvalue weighted by Crippen LogP contribution is -2.39. The standard InChI is InChI=1S/C24H26N2O3/c1-3-22(18-11-13-20(29-2)14-12-18)26-24(28)16-25-23(27)15-19-9-6-8-17-7-4-5-10-21(17)19/h4-14,22H,3,15-16H2,1-2H3,(H,25,27)(H,26,28)/t22-/m1/s1. The van der Waals surface area contributed by atoms with Gasteiger partial charge in [-0.05, 0) is 40.5 Å². The summed E-state index contributed by atoms with van der Waals surface area (Å²) in [5, 5.41) is 7.85. The fourth-order valence-electron chi connectivity index (χ4n) is 3.36. The molecule has 5 nitrogen and oxygen atoms in total. The number of carbonyl (C=O) groups excluding carboxylic acids is 2. The normalized spacial score (nSPS) is 11.7. The van der Waals surface area contributed by atoms with Crippen molar-refractivity contribution in [3.05, 3.63) is 77.9 Å². The molecule has 2 N–H and O–H groups in total. The minimum absolute atomic E-state index is 0.0454. The van der Waals surface area contributed by atoms with Crippen molar-refractivity contribution in [2.24, 2.45) is 0 Å². The zero-order valence-corrected chi connectivity index (χ0v) is 16.8. The third-order valence-electron chi connectivity index (χ3n) is 4.94. The van der Waals surface area contributed by atoms with Crippen molar-refractivity contribution < 1.29 is 14.3 Å². The molecule has 0 saturated heterocycles. The van der Waals surface area contributed by atoms with Crippen molar-refractivity contribution in [2.75, 3.05) is 13.7 Å². The molecule has 0 aromatic heterocycles. The number of benzene rings is 3. The molecule has 0 heterocycles. The molecule has 3 aromatic rings. The van der Waals surface area contributed by atoms with Gasteiger partial charge in [-0.3, -0.25) is 9.59 Å². The third-order valence-corrected chi connectivity index (χ3v) is 4.94. The predicted molar refractivity (Wildman–Crippen MR) is 115 cm³/mol. The summed E-state index contributed by atoms with van der Waals surface area (Å²) in [6, 6.07) is 21.4. The number of ether oxygens (including phenoxy) is 1. The lowest BCUT2D eigenvalue weighted by molar-refractivity contribution is -0.126. The molecule has 0 aliphatic rings. The van der Waals surface area contributed by atoms with Crippen molar-refractivity contribution in [3.8, 4) is 5.75 Å². The lowest BCUT2D eigenvalue weighted by atomic mass is 10.0. The number of hydrogen-bond acceptors (Lipinski definition) is 3. The molecule has 0 unspecified atom stereocenters. The zero-order valence-electron chi connectivity index (χ0n) is 16.8. The van der Waals surface area contributed by atoms with Gasteiger partial charge < -0.3 is 15.4 Å². The van der Waals surface area contributed by atoms with Crippen LogP contribution < -0.4 is 15.4 Å². The summed E-state index contributed by atoms with van der Waals surface area (Å²) in [5.41, 5.74) is 1.95. The van der Waals surface area contributed by atoms with Gasteiger partial charge >= 0.3 is 0 Å². The molecular weight excluding hydrogens is 364 g/mol. The van der Waals surface area contributed by atoms with Crippen LogP contribution in [0, 0.1) is 0 Å². The minimum Gasteiger partial charge on any atom is -0.497 e. The van der Waals surface area contributed by atoms with E-state index in [2.05, 4.69) is 10.6 Å². The van der Waals surface area contributed by atoms with Gasteiger partial charge in [0, 0.05) is 0 Å². The van der Waals surface area contributed by atoms with Gasteiger partial charge in [-0.15, -0.1) is 0 Å². The monoisotopic (exact) mass is 390 g/mol. The van der Waals surface area contributed by atoms with Crippen molar-refractivity contribution in [3.63, 3.8) is 0 Å². The SMILES string of the molecule is CC[C@@H](NC(=O)CNC(=O)Cc1cccc2ccccc12)c1ccc(OC)cc1. The molecule has 5 heteroatoms. The Balaban J connectivity index is 1.54. The second-order valence-electron chi connectivity index (χ2n) is 6.89. The quantitative estimate of drug-likeness (QED) is 0.615. The Morgan fingerprint density at radius 2 is 1.66 bits per heavy atom. The molecule has 0 aliphatic carbocycles. The van der Waals surface area contributed by atoms with Crippen LogP contribution in [0.3, 0.4) is 0 Å². The summed E-state index contributed by atoms with van der Waals surface area (Å²) < 4.78 is 5.17. The van der Waals surface area contributed by atoms with Crippen LogP contribution in [0.1, 0.15) is 30.5 Å². The molecule has 0 spiro atoms. The molecule has 0 fully saturated rings. The Labute approximate surface area is 171 Å². The Kier molecular flexibility index (Phi) is 6.85. The van der Waals surface area contributed by atoms with E-state index >= 15 is 0 Å². The van der Waals surface area contributed by atoms with Gasteiger partial charge in [0.15, 0.2) is 0 Å². The van der Waals surface area contributed by atoms with Crippen molar-refractivity contribution in [2.45, 2.75) is 25.8 Å². The average Bonchev–Trinajstić information content (AvgIpc) is 2.76. The number of hydrogen-bond donors (Lipinski definition) is 2. The lowest BCUT2D eigenvalue weighted by Gasteiger charge is -2.18. The Morgan fingerprint density at radius 1 is 0.931 bits per heavy atom. The van der Waals surface area contributed by atoms with Crippen LogP contribution in [0.2, 0.25) is 0 Å². The van der Waals surface area contributed by atoms with E-state index in [0.29, 0.717) is 0 Å². The fourth-order valence-corrected chi connectivity index (χ4v) is 3.36. The molecule has 0 bridgehead atoms. The van der Waals surface area contributed by atoms with E-state index in [1.807, 2.05) is 73.7 Å². The molecular formula is C24H26N2O3. The van der Waals surface area contributed by atoms with Gasteiger partial charge in [0.2, 0.25) is 11.8 Å². The highest BCUT2D eigenvalue weighted by atomic mass is 16.5. The minimum atomic E-state index is -0.209. The molecule has 1 atom stereocenters. The number of fused-ring (bicyclic) bond motifs is 1. The summed E-state index contributed by atoms with van der Waals surface area (Å²) in [4.78, 5) is 24.7. The first-order valence-electron chi connectivity index (χ1n) is 9.77.